The largest absolute Gasteiger partial charge is 0.408 e. The highest BCUT2D eigenvalue weighted by Crippen LogP contribution is 2.18. The summed E-state index contributed by atoms with van der Waals surface area (Å²) in [5, 5.41) is 9.70. The van der Waals surface area contributed by atoms with Gasteiger partial charge in [-0.1, -0.05) is 25.9 Å². The van der Waals surface area contributed by atoms with E-state index in [9.17, 15) is 4.79 Å². The molecule has 0 saturated carbocycles. The van der Waals surface area contributed by atoms with Crippen molar-refractivity contribution < 1.29 is 9.21 Å². The SMILES string of the molecule is Cc1nnc(NC(=O)C(N)C(C)(C)C)o1. The van der Waals surface area contributed by atoms with E-state index in [1.807, 2.05) is 20.8 Å². The molecular formula is C9H16N4O2. The van der Waals surface area contributed by atoms with E-state index < -0.39 is 6.04 Å². The second-order valence-corrected chi connectivity index (χ2v) is 4.46. The molecule has 0 bridgehead atoms. The maximum absolute atomic E-state index is 11.6. The van der Waals surface area contributed by atoms with Crippen molar-refractivity contribution in [3.8, 4) is 0 Å². The monoisotopic (exact) mass is 212 g/mol. The topological polar surface area (TPSA) is 94.0 Å². The Morgan fingerprint density at radius 3 is 2.47 bits per heavy atom. The van der Waals surface area contributed by atoms with Crippen molar-refractivity contribution >= 4 is 11.9 Å². The van der Waals surface area contributed by atoms with Gasteiger partial charge in [0, 0.05) is 6.92 Å². The molecule has 1 unspecified atom stereocenters. The Balaban J connectivity index is 2.64. The van der Waals surface area contributed by atoms with Gasteiger partial charge in [0.25, 0.3) is 0 Å². The third-order valence-electron chi connectivity index (χ3n) is 1.97. The van der Waals surface area contributed by atoms with Gasteiger partial charge in [-0.05, 0) is 5.41 Å². The van der Waals surface area contributed by atoms with Gasteiger partial charge in [-0.2, -0.15) is 0 Å². The summed E-state index contributed by atoms with van der Waals surface area (Å²) in [5.41, 5.74) is 5.44. The first-order valence-electron chi connectivity index (χ1n) is 4.67. The molecule has 1 atom stereocenters. The highest BCUT2D eigenvalue weighted by atomic mass is 16.4. The number of carbonyl (C=O) groups is 1. The van der Waals surface area contributed by atoms with Crippen LogP contribution in [0.2, 0.25) is 0 Å². The quantitative estimate of drug-likeness (QED) is 0.752. The molecule has 0 aromatic carbocycles. The zero-order valence-electron chi connectivity index (χ0n) is 9.37. The van der Waals surface area contributed by atoms with Crippen molar-refractivity contribution in [2.75, 3.05) is 5.32 Å². The van der Waals surface area contributed by atoms with Crippen molar-refractivity contribution in [2.24, 2.45) is 11.1 Å². The molecular weight excluding hydrogens is 196 g/mol. The molecule has 1 amide bonds. The van der Waals surface area contributed by atoms with Gasteiger partial charge in [-0.3, -0.25) is 10.1 Å². The summed E-state index contributed by atoms with van der Waals surface area (Å²) in [4.78, 5) is 11.6. The number of amides is 1. The van der Waals surface area contributed by atoms with Crippen molar-refractivity contribution in [1.29, 1.82) is 0 Å². The van der Waals surface area contributed by atoms with Gasteiger partial charge in [0.2, 0.25) is 11.8 Å². The van der Waals surface area contributed by atoms with Gasteiger partial charge in [-0.15, -0.1) is 5.10 Å². The van der Waals surface area contributed by atoms with Gasteiger partial charge < -0.3 is 10.2 Å². The molecule has 15 heavy (non-hydrogen) atoms. The third kappa shape index (κ3) is 3.02. The minimum atomic E-state index is -0.621. The van der Waals surface area contributed by atoms with Crippen molar-refractivity contribution in [3.05, 3.63) is 5.89 Å². The van der Waals surface area contributed by atoms with Crippen LogP contribution in [0.25, 0.3) is 0 Å². The number of nitrogens with two attached hydrogens (primary N) is 1. The fourth-order valence-electron chi connectivity index (χ4n) is 0.924. The van der Waals surface area contributed by atoms with E-state index in [1.54, 1.807) is 6.92 Å². The molecule has 0 radical (unpaired) electrons. The average Bonchev–Trinajstić information content (AvgIpc) is 2.48. The van der Waals surface area contributed by atoms with E-state index in [0.717, 1.165) is 0 Å². The summed E-state index contributed by atoms with van der Waals surface area (Å²) < 4.78 is 5.01. The van der Waals surface area contributed by atoms with E-state index in [0.29, 0.717) is 5.89 Å². The molecule has 0 aliphatic heterocycles. The van der Waals surface area contributed by atoms with Gasteiger partial charge >= 0.3 is 6.01 Å². The van der Waals surface area contributed by atoms with Crippen molar-refractivity contribution in [3.63, 3.8) is 0 Å². The summed E-state index contributed by atoms with van der Waals surface area (Å²) in [6.07, 6.45) is 0. The number of nitrogens with zero attached hydrogens (tertiary/aromatic N) is 2. The zero-order chi connectivity index (χ0) is 11.6. The highest BCUT2D eigenvalue weighted by Gasteiger charge is 2.28. The average molecular weight is 212 g/mol. The molecule has 0 spiro atoms. The Kier molecular flexibility index (Phi) is 3.09. The highest BCUT2D eigenvalue weighted by molar-refractivity contribution is 5.93. The Morgan fingerprint density at radius 2 is 2.07 bits per heavy atom. The standard InChI is InChI=1S/C9H16N4O2/c1-5-12-13-8(15-5)11-7(14)6(10)9(2,3)4/h6H,10H2,1-4H3,(H,11,13,14). The van der Waals surface area contributed by atoms with Crippen LogP contribution in [0.1, 0.15) is 26.7 Å². The molecule has 1 rings (SSSR count). The van der Waals surface area contributed by atoms with Gasteiger partial charge in [0.05, 0.1) is 6.04 Å². The minimum Gasteiger partial charge on any atom is -0.408 e. The number of aromatic nitrogens is 2. The van der Waals surface area contributed by atoms with Crippen LogP contribution >= 0.6 is 0 Å². The van der Waals surface area contributed by atoms with Crippen LogP contribution in [0, 0.1) is 12.3 Å². The molecule has 0 aliphatic carbocycles. The van der Waals surface area contributed by atoms with Crippen LogP contribution in [0.15, 0.2) is 4.42 Å². The van der Waals surface area contributed by atoms with Crippen LogP contribution in [0.4, 0.5) is 6.01 Å². The lowest BCUT2D eigenvalue weighted by molar-refractivity contribution is -0.119. The van der Waals surface area contributed by atoms with Crippen molar-refractivity contribution in [2.45, 2.75) is 33.7 Å². The number of aryl methyl sites for hydroxylation is 1. The fourth-order valence-corrected chi connectivity index (χ4v) is 0.924. The molecule has 0 saturated heterocycles. The van der Waals surface area contributed by atoms with E-state index in [2.05, 4.69) is 15.5 Å². The smallest absolute Gasteiger partial charge is 0.322 e. The molecule has 3 N–H and O–H groups in total. The van der Waals surface area contributed by atoms with E-state index in [-0.39, 0.29) is 17.3 Å². The number of nitrogens with one attached hydrogen (secondary N) is 1. The maximum atomic E-state index is 11.6. The minimum absolute atomic E-state index is 0.0807. The first-order valence-corrected chi connectivity index (χ1v) is 4.67. The van der Waals surface area contributed by atoms with Crippen LogP contribution in [-0.4, -0.2) is 22.1 Å². The number of hydrogen-bond donors (Lipinski definition) is 2. The summed E-state index contributed by atoms with van der Waals surface area (Å²) in [6.45, 7) is 7.30. The summed E-state index contributed by atoms with van der Waals surface area (Å²) in [5.74, 6) is 0.0702. The van der Waals surface area contributed by atoms with Gasteiger partial charge in [-0.25, -0.2) is 0 Å². The molecule has 0 aliphatic rings. The lowest BCUT2D eigenvalue weighted by atomic mass is 9.87. The van der Waals surface area contributed by atoms with Crippen LogP contribution < -0.4 is 11.1 Å². The second-order valence-electron chi connectivity index (χ2n) is 4.46. The lowest BCUT2D eigenvalue weighted by Gasteiger charge is -2.24. The van der Waals surface area contributed by atoms with Crippen LogP contribution in [0.3, 0.4) is 0 Å². The number of anilines is 1. The Hall–Kier alpha value is -1.43. The Morgan fingerprint density at radius 1 is 1.47 bits per heavy atom. The number of rotatable bonds is 2. The number of hydrogen-bond acceptors (Lipinski definition) is 5. The van der Waals surface area contributed by atoms with Crippen LogP contribution in [0.5, 0.6) is 0 Å². The summed E-state index contributed by atoms with van der Waals surface area (Å²) in [6, 6.07) is -0.540. The summed E-state index contributed by atoms with van der Waals surface area (Å²) >= 11 is 0. The fraction of sp³-hybridized carbons (Fsp3) is 0.667. The Bertz CT molecular complexity index is 353. The molecule has 1 heterocycles. The maximum Gasteiger partial charge on any atom is 0.322 e. The normalized spacial score (nSPS) is 13.7. The lowest BCUT2D eigenvalue weighted by Crippen LogP contribution is -2.45. The molecule has 6 heteroatoms. The molecule has 0 fully saturated rings. The van der Waals surface area contributed by atoms with E-state index in [1.165, 1.54) is 0 Å². The number of carbonyl (C=O) groups excluding carboxylic acids is 1. The summed E-state index contributed by atoms with van der Waals surface area (Å²) in [7, 11) is 0. The van der Waals surface area contributed by atoms with Crippen molar-refractivity contribution in [1.82, 2.24) is 10.2 Å². The molecule has 1 aromatic heterocycles. The second kappa shape index (κ2) is 3.98. The predicted molar refractivity (Wildman–Crippen MR) is 55.1 cm³/mol. The van der Waals surface area contributed by atoms with Crippen LogP contribution in [-0.2, 0) is 4.79 Å². The van der Waals surface area contributed by atoms with E-state index >= 15 is 0 Å². The first kappa shape index (κ1) is 11.6. The zero-order valence-corrected chi connectivity index (χ0v) is 9.37. The molecule has 6 nitrogen and oxygen atoms in total. The van der Waals surface area contributed by atoms with Gasteiger partial charge in [0.15, 0.2) is 0 Å². The molecule has 84 valence electrons. The Labute approximate surface area is 88.2 Å². The van der Waals surface area contributed by atoms with E-state index in [4.69, 9.17) is 10.2 Å². The first-order chi connectivity index (χ1) is 6.80. The third-order valence-corrected chi connectivity index (χ3v) is 1.97. The predicted octanol–water partition coefficient (Wildman–Crippen LogP) is 0.690. The van der Waals surface area contributed by atoms with Gasteiger partial charge in [0.1, 0.15) is 0 Å². The molecule has 1 aromatic rings.